The maximum atomic E-state index is 4.76. The van der Waals surface area contributed by atoms with Crippen molar-refractivity contribution in [1.29, 1.82) is 0 Å². The summed E-state index contributed by atoms with van der Waals surface area (Å²) >= 11 is 3.72. The molecule has 6 aromatic carbocycles. The zero-order chi connectivity index (χ0) is 33.9. The molecule has 0 bridgehead atoms. The van der Waals surface area contributed by atoms with Crippen molar-refractivity contribution in [2.45, 2.75) is 0 Å². The molecule has 0 fully saturated rings. The molecule has 0 aliphatic rings. The van der Waals surface area contributed by atoms with Crippen molar-refractivity contribution in [2.75, 3.05) is 0 Å². The Morgan fingerprint density at radius 1 is 0.346 bits per heavy atom. The second-order valence-electron chi connectivity index (χ2n) is 13.4. The highest BCUT2D eigenvalue weighted by atomic mass is 32.1. The van der Waals surface area contributed by atoms with E-state index in [1.807, 2.05) is 47.2 Å². The zero-order valence-corrected chi connectivity index (χ0v) is 29.2. The van der Waals surface area contributed by atoms with E-state index in [2.05, 4.69) is 143 Å². The highest BCUT2D eigenvalue weighted by Gasteiger charge is 2.17. The lowest BCUT2D eigenvalue weighted by atomic mass is 10.0. The topological polar surface area (TPSA) is 35.6 Å². The number of thiophene rings is 2. The van der Waals surface area contributed by atoms with E-state index in [1.54, 1.807) is 0 Å². The maximum Gasteiger partial charge on any atom is 0.0963 e. The van der Waals surface area contributed by atoms with Crippen LogP contribution in [0.4, 0.5) is 0 Å². The van der Waals surface area contributed by atoms with Crippen molar-refractivity contribution < 1.29 is 0 Å². The lowest BCUT2D eigenvalue weighted by Crippen LogP contribution is -1.93. The summed E-state index contributed by atoms with van der Waals surface area (Å²) in [6.45, 7) is 0. The van der Waals surface area contributed by atoms with Crippen LogP contribution in [0.1, 0.15) is 0 Å². The smallest absolute Gasteiger partial charge is 0.0963 e. The van der Waals surface area contributed by atoms with Gasteiger partial charge in [-0.3, -0.25) is 9.97 Å². The first-order chi connectivity index (χ1) is 25.8. The van der Waals surface area contributed by atoms with Gasteiger partial charge in [-0.2, -0.15) is 0 Å². The summed E-state index contributed by atoms with van der Waals surface area (Å²) in [5, 5.41) is 7.48. The number of rotatable bonds is 3. The van der Waals surface area contributed by atoms with Crippen LogP contribution in [0.15, 0.2) is 158 Å². The van der Waals surface area contributed by atoms with Gasteiger partial charge in [0.2, 0.25) is 0 Å². The van der Waals surface area contributed by atoms with Crippen LogP contribution in [0.3, 0.4) is 0 Å². The predicted molar refractivity (Wildman–Crippen MR) is 222 cm³/mol. The first-order valence-corrected chi connectivity index (χ1v) is 19.0. The average Bonchev–Trinajstić information content (AvgIpc) is 3.94. The monoisotopic (exact) mass is 698 g/mol. The summed E-state index contributed by atoms with van der Waals surface area (Å²) in [7, 11) is 0. The third-order valence-electron chi connectivity index (χ3n) is 10.6. The van der Waals surface area contributed by atoms with E-state index in [9.17, 15) is 0 Å². The van der Waals surface area contributed by atoms with E-state index in [0.717, 1.165) is 33.4 Å². The Bertz CT molecular complexity index is 3100. The van der Waals surface area contributed by atoms with Crippen LogP contribution in [0.2, 0.25) is 0 Å². The number of hydrogen-bond acceptors (Lipinski definition) is 4. The molecular formula is C46H26N4S2. The molecule has 0 unspecified atom stereocenters. The number of aromatic nitrogens is 4. The minimum absolute atomic E-state index is 1.03. The second kappa shape index (κ2) is 10.6. The van der Waals surface area contributed by atoms with Crippen LogP contribution in [0.5, 0.6) is 0 Å². The molecule has 0 amide bonds. The van der Waals surface area contributed by atoms with Gasteiger partial charge in [0, 0.05) is 74.9 Å². The summed E-state index contributed by atoms with van der Waals surface area (Å²) in [5.41, 5.74) is 11.4. The van der Waals surface area contributed by atoms with Gasteiger partial charge in [-0.1, -0.05) is 48.5 Å². The van der Waals surface area contributed by atoms with Crippen molar-refractivity contribution in [1.82, 2.24) is 19.1 Å². The fraction of sp³-hybridized carbons (Fsp3) is 0. The van der Waals surface area contributed by atoms with Gasteiger partial charge in [-0.05, 0) is 108 Å². The fourth-order valence-electron chi connectivity index (χ4n) is 8.29. The van der Waals surface area contributed by atoms with E-state index in [1.165, 1.54) is 73.3 Å². The van der Waals surface area contributed by atoms with Gasteiger partial charge in [0.05, 0.1) is 33.1 Å². The van der Waals surface area contributed by atoms with Crippen molar-refractivity contribution in [3.63, 3.8) is 0 Å². The molecule has 0 N–H and O–H groups in total. The average molecular weight is 699 g/mol. The quantitative estimate of drug-likeness (QED) is 0.184. The minimum atomic E-state index is 1.03. The Hall–Kier alpha value is -6.34. The van der Waals surface area contributed by atoms with E-state index in [4.69, 9.17) is 9.97 Å². The number of pyridine rings is 2. The predicted octanol–water partition coefficient (Wildman–Crippen LogP) is 13.1. The van der Waals surface area contributed by atoms with Gasteiger partial charge in [-0.15, -0.1) is 22.7 Å². The van der Waals surface area contributed by atoms with Crippen molar-refractivity contribution >= 4 is 107 Å². The van der Waals surface area contributed by atoms with Gasteiger partial charge in [0.25, 0.3) is 0 Å². The molecule has 6 aromatic heterocycles. The van der Waals surface area contributed by atoms with Gasteiger partial charge in [-0.25, -0.2) is 0 Å². The summed E-state index contributed by atoms with van der Waals surface area (Å²) in [5.74, 6) is 0. The second-order valence-corrected chi connectivity index (χ2v) is 15.6. The lowest BCUT2D eigenvalue weighted by molar-refractivity contribution is 1.18. The number of hydrogen-bond donors (Lipinski definition) is 0. The van der Waals surface area contributed by atoms with E-state index in [0.29, 0.717) is 0 Å². The van der Waals surface area contributed by atoms with Crippen LogP contribution in [0.25, 0.3) is 107 Å². The van der Waals surface area contributed by atoms with E-state index < -0.39 is 0 Å². The van der Waals surface area contributed by atoms with Gasteiger partial charge in [0.1, 0.15) is 0 Å². The van der Waals surface area contributed by atoms with Crippen LogP contribution < -0.4 is 0 Å². The molecule has 0 aliphatic heterocycles. The standard InChI is InChI=1S/C46H26N4S2/c1-3-9-37-31(7-1)45-39(11-5-21-47-45)49(37)29-15-19-43-35(25-29)33-23-27(13-17-41(33)51-43)28-14-18-42-34(24-28)36-26-30(16-20-44(36)52-42)50-38-10-4-2-8-32(38)46-40(50)12-6-22-48-46/h1-26H. The van der Waals surface area contributed by atoms with Gasteiger partial charge < -0.3 is 9.13 Å². The Labute approximate surface area is 305 Å². The number of nitrogens with zero attached hydrogens (tertiary/aromatic N) is 4. The zero-order valence-electron chi connectivity index (χ0n) is 27.6. The maximum absolute atomic E-state index is 4.76. The molecule has 6 heterocycles. The first-order valence-electron chi connectivity index (χ1n) is 17.4. The molecule has 6 heteroatoms. The van der Waals surface area contributed by atoms with Crippen molar-refractivity contribution in [3.8, 4) is 22.5 Å². The number of fused-ring (bicyclic) bond motifs is 12. The number of benzene rings is 6. The van der Waals surface area contributed by atoms with Crippen molar-refractivity contribution in [3.05, 3.63) is 158 Å². The lowest BCUT2D eigenvalue weighted by Gasteiger charge is -2.08. The fourth-order valence-corrected chi connectivity index (χ4v) is 10.4. The van der Waals surface area contributed by atoms with Crippen LogP contribution in [0, 0.1) is 0 Å². The molecule has 4 nitrogen and oxygen atoms in total. The summed E-state index contributed by atoms with van der Waals surface area (Å²) in [6.07, 6.45) is 3.77. The third-order valence-corrected chi connectivity index (χ3v) is 12.9. The molecule has 12 rings (SSSR count). The Kier molecular flexibility index (Phi) is 5.78. The van der Waals surface area contributed by atoms with E-state index in [-0.39, 0.29) is 0 Å². The van der Waals surface area contributed by atoms with E-state index >= 15 is 0 Å². The third kappa shape index (κ3) is 3.96. The number of para-hydroxylation sites is 2. The molecule has 0 atom stereocenters. The first kappa shape index (κ1) is 28.4. The van der Waals surface area contributed by atoms with Gasteiger partial charge in [0.15, 0.2) is 0 Å². The summed E-state index contributed by atoms with van der Waals surface area (Å²) < 4.78 is 9.89. The molecule has 52 heavy (non-hydrogen) atoms. The Balaban J connectivity index is 1.02. The Morgan fingerprint density at radius 3 is 1.23 bits per heavy atom. The molecule has 0 saturated carbocycles. The highest BCUT2D eigenvalue weighted by Crippen LogP contribution is 2.42. The Morgan fingerprint density at radius 2 is 0.750 bits per heavy atom. The minimum Gasteiger partial charge on any atom is -0.308 e. The van der Waals surface area contributed by atoms with Gasteiger partial charge >= 0.3 is 0 Å². The molecule has 12 aromatic rings. The van der Waals surface area contributed by atoms with Crippen LogP contribution in [-0.4, -0.2) is 19.1 Å². The van der Waals surface area contributed by atoms with Crippen LogP contribution >= 0.6 is 22.7 Å². The van der Waals surface area contributed by atoms with Crippen molar-refractivity contribution in [2.24, 2.45) is 0 Å². The van der Waals surface area contributed by atoms with Crippen LogP contribution in [-0.2, 0) is 0 Å². The molecular weight excluding hydrogens is 673 g/mol. The molecule has 242 valence electrons. The summed E-state index contributed by atoms with van der Waals surface area (Å²) in [6, 6.07) is 53.2. The molecule has 0 saturated heterocycles. The molecule has 0 aliphatic carbocycles. The normalized spacial score (nSPS) is 12.2. The molecule has 0 radical (unpaired) electrons. The summed E-state index contributed by atoms with van der Waals surface area (Å²) in [4.78, 5) is 9.52. The largest absolute Gasteiger partial charge is 0.308 e. The highest BCUT2D eigenvalue weighted by molar-refractivity contribution is 7.26. The SMILES string of the molecule is c1ccc2c(c1)c1ncccc1n2-c1ccc2sc3ccc(-c4ccc5sc6ccc(-n7c8ccccc8c8ncccc87)cc6c5c4)cc3c2c1. The molecule has 0 spiro atoms.